The van der Waals surface area contributed by atoms with Gasteiger partial charge < -0.3 is 9.84 Å². The molecule has 1 heterocycles. The Morgan fingerprint density at radius 3 is 2.59 bits per heavy atom. The third kappa shape index (κ3) is 4.70. The second-order valence-electron chi connectivity index (χ2n) is 5.89. The van der Waals surface area contributed by atoms with Crippen molar-refractivity contribution in [1.82, 2.24) is 9.78 Å². The van der Waals surface area contributed by atoms with Crippen LogP contribution in [0.3, 0.4) is 0 Å². The van der Waals surface area contributed by atoms with Gasteiger partial charge in [-0.05, 0) is 42.7 Å². The molecule has 9 heteroatoms. The molecule has 0 aliphatic rings. The highest BCUT2D eigenvalue weighted by molar-refractivity contribution is 6.31. The van der Waals surface area contributed by atoms with Crippen molar-refractivity contribution in [3.05, 3.63) is 58.5 Å². The zero-order valence-corrected chi connectivity index (χ0v) is 14.7. The van der Waals surface area contributed by atoms with Gasteiger partial charge >= 0.3 is 6.36 Å². The van der Waals surface area contributed by atoms with Gasteiger partial charge in [0.15, 0.2) is 0 Å². The molecule has 0 atom stereocenters. The first kappa shape index (κ1) is 19.4. The van der Waals surface area contributed by atoms with E-state index in [1.165, 1.54) is 35.0 Å². The highest BCUT2D eigenvalue weighted by Crippen LogP contribution is 2.29. The molecule has 27 heavy (non-hydrogen) atoms. The summed E-state index contributed by atoms with van der Waals surface area (Å²) in [6.45, 7) is 0.109. The Kier molecular flexibility index (Phi) is 5.57. The first-order valence-corrected chi connectivity index (χ1v) is 8.44. The number of ether oxygens (including phenoxy) is 1. The number of nitrogens with zero attached hydrogens (tertiary/aromatic N) is 2. The van der Waals surface area contributed by atoms with Crippen LogP contribution in [0.15, 0.2) is 36.4 Å². The molecule has 2 aromatic carbocycles. The summed E-state index contributed by atoms with van der Waals surface area (Å²) < 4.78 is 56.3. The lowest BCUT2D eigenvalue weighted by Crippen LogP contribution is -2.17. The number of rotatable bonds is 6. The Bertz CT molecular complexity index is 956. The average molecular weight is 403 g/mol. The maximum atomic E-state index is 13.2. The van der Waals surface area contributed by atoms with Crippen LogP contribution in [0.1, 0.15) is 17.7 Å². The van der Waals surface area contributed by atoms with E-state index in [9.17, 15) is 17.6 Å². The predicted molar refractivity (Wildman–Crippen MR) is 92.3 cm³/mol. The molecule has 0 fully saturated rings. The van der Waals surface area contributed by atoms with Crippen molar-refractivity contribution in [2.24, 2.45) is 0 Å². The van der Waals surface area contributed by atoms with E-state index in [1.807, 2.05) is 0 Å². The second-order valence-corrected chi connectivity index (χ2v) is 6.30. The first-order chi connectivity index (χ1) is 12.8. The Morgan fingerprint density at radius 2 is 1.93 bits per heavy atom. The molecular weight excluding hydrogens is 388 g/mol. The lowest BCUT2D eigenvalue weighted by Gasteiger charge is -2.10. The second kappa shape index (κ2) is 7.74. The van der Waals surface area contributed by atoms with Gasteiger partial charge in [0.2, 0.25) is 0 Å². The number of fused-ring (bicyclic) bond motifs is 1. The third-order valence-electron chi connectivity index (χ3n) is 3.94. The molecule has 0 radical (unpaired) electrons. The summed E-state index contributed by atoms with van der Waals surface area (Å²) in [6.07, 6.45) is -3.89. The molecule has 0 aliphatic heterocycles. The van der Waals surface area contributed by atoms with E-state index in [1.54, 1.807) is 0 Å². The number of aliphatic hydroxyl groups is 1. The summed E-state index contributed by atoms with van der Waals surface area (Å²) in [7, 11) is 0. The maximum Gasteiger partial charge on any atom is 0.573 e. The van der Waals surface area contributed by atoms with Crippen LogP contribution in [-0.2, 0) is 13.0 Å². The predicted octanol–water partition coefficient (Wildman–Crippen LogP) is 4.70. The summed E-state index contributed by atoms with van der Waals surface area (Å²) in [5.41, 5.74) is 1.62. The van der Waals surface area contributed by atoms with Crippen LogP contribution in [-0.4, -0.2) is 27.9 Å². The summed E-state index contributed by atoms with van der Waals surface area (Å²) >= 11 is 6.05. The normalized spacial score (nSPS) is 11.9. The van der Waals surface area contributed by atoms with E-state index in [0.29, 0.717) is 35.0 Å². The molecule has 0 saturated carbocycles. The van der Waals surface area contributed by atoms with E-state index in [4.69, 9.17) is 16.7 Å². The van der Waals surface area contributed by atoms with Gasteiger partial charge in [0.25, 0.3) is 0 Å². The van der Waals surface area contributed by atoms with Crippen LogP contribution in [0.2, 0.25) is 5.02 Å². The Labute approximate surface area is 156 Å². The van der Waals surface area contributed by atoms with Gasteiger partial charge in [0.1, 0.15) is 11.6 Å². The smallest absolute Gasteiger partial charge is 0.406 e. The lowest BCUT2D eigenvalue weighted by molar-refractivity contribution is -0.274. The van der Waals surface area contributed by atoms with Crippen LogP contribution < -0.4 is 4.74 Å². The minimum absolute atomic E-state index is 0.0343. The van der Waals surface area contributed by atoms with Gasteiger partial charge in [0.05, 0.1) is 17.8 Å². The molecule has 0 bridgehead atoms. The van der Waals surface area contributed by atoms with Crippen molar-refractivity contribution in [2.45, 2.75) is 25.7 Å². The number of halogens is 5. The first-order valence-electron chi connectivity index (χ1n) is 8.07. The number of alkyl halides is 3. The van der Waals surface area contributed by atoms with Crippen molar-refractivity contribution < 1.29 is 27.4 Å². The van der Waals surface area contributed by atoms with Crippen LogP contribution in [0.5, 0.6) is 5.75 Å². The van der Waals surface area contributed by atoms with Crippen molar-refractivity contribution in [2.75, 3.05) is 6.61 Å². The molecule has 0 unspecified atom stereocenters. The van der Waals surface area contributed by atoms with Gasteiger partial charge in [-0.2, -0.15) is 5.10 Å². The molecule has 1 N–H and O–H groups in total. The van der Waals surface area contributed by atoms with Crippen molar-refractivity contribution >= 4 is 22.5 Å². The number of aromatic nitrogens is 2. The topological polar surface area (TPSA) is 47.3 Å². The third-order valence-corrected chi connectivity index (χ3v) is 4.29. The van der Waals surface area contributed by atoms with Gasteiger partial charge in [-0.25, -0.2) is 4.39 Å². The van der Waals surface area contributed by atoms with E-state index < -0.39 is 12.2 Å². The summed E-state index contributed by atoms with van der Waals surface area (Å²) in [5, 5.41) is 14.3. The fourth-order valence-corrected chi connectivity index (χ4v) is 3.01. The standard InChI is InChI=1S/C18H15ClF4N2O2/c19-15-8-12(20)4-3-11(15)10-25-17-9-13(27-18(21,22)23)5-6-14(17)16(24-25)2-1-7-26/h3-6,8-9,26H,1-2,7,10H2. The minimum atomic E-state index is -4.81. The number of aryl methyl sites for hydroxylation is 1. The average Bonchev–Trinajstić information content (AvgIpc) is 2.91. The van der Waals surface area contributed by atoms with Crippen LogP contribution in [0, 0.1) is 5.82 Å². The molecule has 0 saturated heterocycles. The highest BCUT2D eigenvalue weighted by atomic mass is 35.5. The monoisotopic (exact) mass is 402 g/mol. The zero-order chi connectivity index (χ0) is 19.6. The molecular formula is C18H15ClF4N2O2. The van der Waals surface area contributed by atoms with Crippen molar-refractivity contribution in [3.63, 3.8) is 0 Å². The van der Waals surface area contributed by atoms with Crippen LogP contribution in [0.4, 0.5) is 17.6 Å². The van der Waals surface area contributed by atoms with E-state index >= 15 is 0 Å². The Morgan fingerprint density at radius 1 is 1.15 bits per heavy atom. The van der Waals surface area contributed by atoms with Crippen molar-refractivity contribution in [3.8, 4) is 5.75 Å². The Hall–Kier alpha value is -2.32. The Balaban J connectivity index is 2.04. The summed E-state index contributed by atoms with van der Waals surface area (Å²) in [4.78, 5) is 0. The van der Waals surface area contributed by atoms with Gasteiger partial charge in [-0.15, -0.1) is 13.2 Å². The van der Waals surface area contributed by atoms with Gasteiger partial charge in [-0.1, -0.05) is 17.7 Å². The number of hydrogen-bond acceptors (Lipinski definition) is 3. The summed E-state index contributed by atoms with van der Waals surface area (Å²) in [6, 6.07) is 7.86. The fraction of sp³-hybridized carbons (Fsp3) is 0.278. The number of aliphatic hydroxyl groups excluding tert-OH is 1. The lowest BCUT2D eigenvalue weighted by atomic mass is 10.1. The molecule has 0 amide bonds. The van der Waals surface area contributed by atoms with Crippen LogP contribution in [0.25, 0.3) is 10.9 Å². The number of benzene rings is 2. The van der Waals surface area contributed by atoms with Crippen molar-refractivity contribution in [1.29, 1.82) is 0 Å². The molecule has 0 spiro atoms. The van der Waals surface area contributed by atoms with Gasteiger partial charge in [-0.3, -0.25) is 4.68 Å². The molecule has 1 aromatic heterocycles. The molecule has 0 aliphatic carbocycles. The molecule has 4 nitrogen and oxygen atoms in total. The van der Waals surface area contributed by atoms with E-state index in [-0.39, 0.29) is 23.9 Å². The SMILES string of the molecule is OCCCc1nn(Cc2ccc(F)cc2Cl)c2cc(OC(F)(F)F)ccc12. The van der Waals surface area contributed by atoms with E-state index in [0.717, 1.165) is 6.07 Å². The minimum Gasteiger partial charge on any atom is -0.406 e. The quantitative estimate of drug-likeness (QED) is 0.608. The van der Waals surface area contributed by atoms with Crippen LogP contribution >= 0.6 is 11.6 Å². The zero-order valence-electron chi connectivity index (χ0n) is 13.9. The maximum absolute atomic E-state index is 13.2. The molecule has 3 rings (SSSR count). The number of hydrogen-bond donors (Lipinski definition) is 1. The fourth-order valence-electron chi connectivity index (χ4n) is 2.78. The largest absolute Gasteiger partial charge is 0.573 e. The van der Waals surface area contributed by atoms with Gasteiger partial charge in [0, 0.05) is 23.1 Å². The summed E-state index contributed by atoms with van der Waals surface area (Å²) in [5.74, 6) is -0.853. The molecule has 144 valence electrons. The van der Waals surface area contributed by atoms with E-state index in [2.05, 4.69) is 9.84 Å². The highest BCUT2D eigenvalue weighted by Gasteiger charge is 2.31. The molecule has 3 aromatic rings.